The van der Waals surface area contributed by atoms with Crippen molar-refractivity contribution in [2.75, 3.05) is 0 Å². The highest BCUT2D eigenvalue weighted by Crippen LogP contribution is 2.65. The molecule has 66 valence electrons. The fourth-order valence-electron chi connectivity index (χ4n) is 3.62. The van der Waals surface area contributed by atoms with Crippen LogP contribution in [0.4, 0.5) is 0 Å². The van der Waals surface area contributed by atoms with E-state index in [0.717, 1.165) is 5.92 Å². The molecule has 2 bridgehead atoms. The molecule has 0 aromatic rings. The lowest BCUT2D eigenvalue weighted by atomic mass is 9.65. The molecule has 2 saturated carbocycles. The van der Waals surface area contributed by atoms with Gasteiger partial charge in [-0.2, -0.15) is 5.26 Å². The number of nitrogens with zero attached hydrogens (tertiary/aromatic N) is 1. The highest BCUT2D eigenvalue weighted by Gasteiger charge is 2.59. The van der Waals surface area contributed by atoms with E-state index in [-0.39, 0.29) is 5.41 Å². The van der Waals surface area contributed by atoms with E-state index >= 15 is 0 Å². The van der Waals surface area contributed by atoms with Crippen molar-refractivity contribution in [3.63, 3.8) is 0 Å². The van der Waals surface area contributed by atoms with Gasteiger partial charge in [0, 0.05) is 0 Å². The second-order valence-corrected chi connectivity index (χ2v) is 5.48. The molecule has 0 radical (unpaired) electrons. The van der Waals surface area contributed by atoms with Crippen LogP contribution >= 0.6 is 0 Å². The Morgan fingerprint density at radius 2 is 2.00 bits per heavy atom. The first-order valence-corrected chi connectivity index (χ1v) is 4.90. The third-order valence-corrected chi connectivity index (χ3v) is 4.40. The summed E-state index contributed by atoms with van der Waals surface area (Å²) >= 11 is 0. The molecular weight excluding hydrogens is 146 g/mol. The minimum absolute atomic E-state index is 0.280. The van der Waals surface area contributed by atoms with E-state index in [1.54, 1.807) is 0 Å². The molecule has 0 aromatic heterocycles. The first kappa shape index (κ1) is 8.10. The van der Waals surface area contributed by atoms with Crippen molar-refractivity contribution in [1.29, 1.82) is 5.26 Å². The summed E-state index contributed by atoms with van der Waals surface area (Å²) in [6.07, 6.45) is 3.92. The largest absolute Gasteiger partial charge is 0.198 e. The molecule has 1 nitrogen and oxygen atoms in total. The van der Waals surface area contributed by atoms with Crippen molar-refractivity contribution in [3.05, 3.63) is 0 Å². The van der Waals surface area contributed by atoms with Crippen molar-refractivity contribution in [3.8, 4) is 6.07 Å². The highest BCUT2D eigenvalue weighted by atomic mass is 14.6. The summed E-state index contributed by atoms with van der Waals surface area (Å²) in [6.45, 7) is 6.85. The maximum Gasteiger partial charge on any atom is 0.0667 e. The number of hydrogen-bond acceptors (Lipinski definition) is 1. The van der Waals surface area contributed by atoms with E-state index < -0.39 is 0 Å². The van der Waals surface area contributed by atoms with Crippen molar-refractivity contribution in [2.24, 2.45) is 22.7 Å². The normalized spacial score (nSPS) is 49.2. The fraction of sp³-hybridized carbons (Fsp3) is 0.909. The van der Waals surface area contributed by atoms with Crippen molar-refractivity contribution < 1.29 is 0 Å². The van der Waals surface area contributed by atoms with Gasteiger partial charge < -0.3 is 0 Å². The zero-order chi connectivity index (χ0) is 8.98. The molecule has 2 rings (SSSR count). The number of fused-ring (bicyclic) bond motifs is 2. The van der Waals surface area contributed by atoms with Gasteiger partial charge in [0.25, 0.3) is 0 Å². The molecular formula is C11H17N. The van der Waals surface area contributed by atoms with Gasteiger partial charge in [-0.1, -0.05) is 20.8 Å². The quantitative estimate of drug-likeness (QED) is 0.538. The van der Waals surface area contributed by atoms with Crippen LogP contribution in [-0.2, 0) is 0 Å². The second-order valence-electron chi connectivity index (χ2n) is 5.48. The van der Waals surface area contributed by atoms with Gasteiger partial charge in [-0.25, -0.2) is 0 Å². The molecule has 0 aromatic carbocycles. The summed E-state index contributed by atoms with van der Waals surface area (Å²) in [6, 6.07) is 2.53. The number of hydrogen-bond donors (Lipinski definition) is 0. The summed E-state index contributed by atoms with van der Waals surface area (Å²) in [5.74, 6) is 1.11. The van der Waals surface area contributed by atoms with Crippen LogP contribution in [0, 0.1) is 34.0 Å². The Kier molecular flexibility index (Phi) is 1.38. The van der Waals surface area contributed by atoms with Gasteiger partial charge >= 0.3 is 0 Å². The Balaban J connectivity index is 2.39. The molecule has 1 heteroatoms. The maximum atomic E-state index is 9.14. The molecule has 0 unspecified atom stereocenters. The average Bonchev–Trinajstić information content (AvgIpc) is 2.39. The molecule has 0 N–H and O–H groups in total. The minimum atomic E-state index is 0.280. The first-order valence-electron chi connectivity index (χ1n) is 4.90. The summed E-state index contributed by atoms with van der Waals surface area (Å²) < 4.78 is 0. The van der Waals surface area contributed by atoms with Gasteiger partial charge in [-0.3, -0.25) is 0 Å². The molecule has 12 heavy (non-hydrogen) atoms. The van der Waals surface area contributed by atoms with Gasteiger partial charge in [0.1, 0.15) is 0 Å². The number of nitriles is 1. The van der Waals surface area contributed by atoms with Crippen LogP contribution in [0.25, 0.3) is 0 Å². The van der Waals surface area contributed by atoms with Gasteiger partial charge in [0.15, 0.2) is 0 Å². The molecule has 3 atom stereocenters. The Hall–Kier alpha value is -0.510. The lowest BCUT2D eigenvalue weighted by molar-refractivity contribution is 0.119. The number of rotatable bonds is 0. The van der Waals surface area contributed by atoms with Crippen molar-refractivity contribution in [1.82, 2.24) is 0 Å². The summed E-state index contributed by atoms with van der Waals surface area (Å²) in [7, 11) is 0. The maximum absolute atomic E-state index is 9.14. The summed E-state index contributed by atoms with van der Waals surface area (Å²) in [4.78, 5) is 0. The molecule has 2 aliphatic rings. The molecule has 0 spiro atoms. The molecule has 0 heterocycles. The highest BCUT2D eigenvalue weighted by molar-refractivity contribution is 5.15. The smallest absolute Gasteiger partial charge is 0.0667 e. The predicted molar refractivity (Wildman–Crippen MR) is 48.3 cm³/mol. The van der Waals surface area contributed by atoms with Gasteiger partial charge in [0.05, 0.1) is 12.0 Å². The third kappa shape index (κ3) is 0.736. The van der Waals surface area contributed by atoms with Crippen LogP contribution in [0.15, 0.2) is 0 Å². The van der Waals surface area contributed by atoms with E-state index in [0.29, 0.717) is 11.3 Å². The summed E-state index contributed by atoms with van der Waals surface area (Å²) in [5, 5.41) is 9.14. The van der Waals surface area contributed by atoms with Gasteiger partial charge in [-0.15, -0.1) is 0 Å². The van der Waals surface area contributed by atoms with Crippen LogP contribution in [0.1, 0.15) is 40.0 Å². The lowest BCUT2D eigenvalue weighted by Crippen LogP contribution is -2.33. The lowest BCUT2D eigenvalue weighted by Gasteiger charge is -2.38. The second kappa shape index (κ2) is 2.05. The zero-order valence-electron chi connectivity index (χ0n) is 8.22. The van der Waals surface area contributed by atoms with Crippen LogP contribution < -0.4 is 0 Å². The molecule has 2 fully saturated rings. The Labute approximate surface area is 74.8 Å². The Morgan fingerprint density at radius 3 is 2.33 bits per heavy atom. The Bertz CT molecular complexity index is 243. The van der Waals surface area contributed by atoms with E-state index in [1.807, 2.05) is 0 Å². The third-order valence-electron chi connectivity index (χ3n) is 4.40. The van der Waals surface area contributed by atoms with Gasteiger partial charge in [-0.05, 0) is 36.0 Å². The van der Waals surface area contributed by atoms with Crippen molar-refractivity contribution >= 4 is 0 Å². The minimum Gasteiger partial charge on any atom is -0.198 e. The van der Waals surface area contributed by atoms with Crippen LogP contribution in [0.2, 0.25) is 0 Å². The fourth-order valence-corrected chi connectivity index (χ4v) is 3.62. The Morgan fingerprint density at radius 1 is 1.33 bits per heavy atom. The summed E-state index contributed by atoms with van der Waals surface area (Å²) in [5.41, 5.74) is 0.630. The van der Waals surface area contributed by atoms with E-state index in [2.05, 4.69) is 26.8 Å². The van der Waals surface area contributed by atoms with E-state index in [4.69, 9.17) is 5.26 Å². The van der Waals surface area contributed by atoms with E-state index in [1.165, 1.54) is 19.3 Å². The van der Waals surface area contributed by atoms with Crippen LogP contribution in [0.3, 0.4) is 0 Å². The monoisotopic (exact) mass is 163 g/mol. The van der Waals surface area contributed by atoms with Gasteiger partial charge in [0.2, 0.25) is 0 Å². The van der Waals surface area contributed by atoms with Crippen LogP contribution in [0.5, 0.6) is 0 Å². The molecule has 0 amide bonds. The topological polar surface area (TPSA) is 23.8 Å². The molecule has 0 saturated heterocycles. The average molecular weight is 163 g/mol. The predicted octanol–water partition coefficient (Wildman–Crippen LogP) is 2.97. The van der Waals surface area contributed by atoms with Crippen molar-refractivity contribution in [2.45, 2.75) is 40.0 Å². The zero-order valence-corrected chi connectivity index (χ0v) is 8.22. The molecule has 2 aliphatic carbocycles. The molecule has 0 aliphatic heterocycles. The first-order chi connectivity index (χ1) is 5.50. The van der Waals surface area contributed by atoms with E-state index in [9.17, 15) is 0 Å². The SMILES string of the molecule is CC1(C)[C@@H]2CC[C@@](C)(C2)[C@H]1C#N. The standard InChI is InChI=1S/C11H17N/c1-10(2)8-4-5-11(3,6-8)9(10)7-12/h8-9H,4-6H2,1-3H3/t8-,9+,11+/m1/s1. The van der Waals surface area contributed by atoms with Crippen LogP contribution in [-0.4, -0.2) is 0 Å².